The van der Waals surface area contributed by atoms with Crippen LogP contribution in [-0.4, -0.2) is 15.9 Å². The van der Waals surface area contributed by atoms with Crippen molar-refractivity contribution < 1.29 is 13.7 Å². The van der Waals surface area contributed by atoms with Gasteiger partial charge >= 0.3 is 0 Å². The molecule has 4 nitrogen and oxygen atoms in total. The van der Waals surface area contributed by atoms with Crippen LogP contribution < -0.4 is 0 Å². The van der Waals surface area contributed by atoms with Gasteiger partial charge in [-0.15, -0.1) is 0 Å². The fraction of sp³-hybridized carbons (Fsp3) is 0.118. The van der Waals surface area contributed by atoms with Gasteiger partial charge in [0, 0.05) is 30.7 Å². The number of aromatic nitrogens is 2. The van der Waals surface area contributed by atoms with E-state index >= 15 is 0 Å². The molecule has 116 valence electrons. The van der Waals surface area contributed by atoms with Gasteiger partial charge in [-0.1, -0.05) is 28.9 Å². The number of nitrogens with zero attached hydrogens (tertiary/aromatic N) is 2. The van der Waals surface area contributed by atoms with E-state index in [2.05, 4.69) is 10.1 Å². The number of hydrogen-bond acceptors (Lipinski definition) is 4. The fourth-order valence-electron chi connectivity index (χ4n) is 2.19. The van der Waals surface area contributed by atoms with Crippen molar-refractivity contribution in [2.45, 2.75) is 12.8 Å². The van der Waals surface area contributed by atoms with Crippen LogP contribution in [0.1, 0.15) is 22.5 Å². The summed E-state index contributed by atoms with van der Waals surface area (Å²) in [6.45, 7) is 0. The maximum atomic E-state index is 13.7. The lowest BCUT2D eigenvalue weighted by Gasteiger charge is -2.00. The third-order valence-corrected chi connectivity index (χ3v) is 3.67. The summed E-state index contributed by atoms with van der Waals surface area (Å²) < 4.78 is 18.9. The van der Waals surface area contributed by atoms with Crippen LogP contribution >= 0.6 is 11.6 Å². The van der Waals surface area contributed by atoms with Gasteiger partial charge in [-0.3, -0.25) is 4.79 Å². The molecule has 0 atom stereocenters. The van der Waals surface area contributed by atoms with Gasteiger partial charge in [-0.05, 0) is 24.3 Å². The van der Waals surface area contributed by atoms with Crippen molar-refractivity contribution in [1.82, 2.24) is 10.1 Å². The molecule has 2 aromatic heterocycles. The van der Waals surface area contributed by atoms with Crippen LogP contribution in [0.25, 0.3) is 11.3 Å². The zero-order chi connectivity index (χ0) is 16.2. The minimum atomic E-state index is -0.370. The Bertz CT molecular complexity index is 848. The van der Waals surface area contributed by atoms with Crippen LogP contribution in [0.5, 0.6) is 0 Å². The molecule has 3 rings (SSSR count). The second-order valence-corrected chi connectivity index (χ2v) is 5.28. The van der Waals surface area contributed by atoms with Crippen molar-refractivity contribution in [2.24, 2.45) is 0 Å². The van der Waals surface area contributed by atoms with Gasteiger partial charge in [0.1, 0.15) is 22.4 Å². The molecule has 3 aromatic rings. The van der Waals surface area contributed by atoms with Crippen LogP contribution in [0.4, 0.5) is 4.39 Å². The summed E-state index contributed by atoms with van der Waals surface area (Å²) in [7, 11) is 0. The van der Waals surface area contributed by atoms with E-state index in [9.17, 15) is 9.18 Å². The summed E-state index contributed by atoms with van der Waals surface area (Å²) >= 11 is 5.89. The molecule has 0 saturated carbocycles. The van der Waals surface area contributed by atoms with E-state index in [0.29, 0.717) is 29.0 Å². The number of hydrogen-bond donors (Lipinski definition) is 0. The molecule has 0 aliphatic carbocycles. The number of ketones is 1. The average molecular weight is 331 g/mol. The molecule has 0 bridgehead atoms. The van der Waals surface area contributed by atoms with Crippen LogP contribution in [0.2, 0.25) is 5.15 Å². The molecule has 2 heterocycles. The number of pyridine rings is 1. The highest BCUT2D eigenvalue weighted by Crippen LogP contribution is 2.23. The van der Waals surface area contributed by atoms with E-state index in [1.54, 1.807) is 36.4 Å². The lowest BCUT2D eigenvalue weighted by atomic mass is 10.1. The third kappa shape index (κ3) is 3.46. The van der Waals surface area contributed by atoms with Crippen LogP contribution in [0.3, 0.4) is 0 Å². The van der Waals surface area contributed by atoms with Crippen molar-refractivity contribution >= 4 is 17.4 Å². The number of halogens is 2. The molecule has 6 heteroatoms. The van der Waals surface area contributed by atoms with Crippen molar-refractivity contribution in [2.75, 3.05) is 0 Å². The third-order valence-electron chi connectivity index (χ3n) is 3.37. The molecule has 0 amide bonds. The number of rotatable bonds is 5. The largest absolute Gasteiger partial charge is 0.361 e. The average Bonchev–Trinajstić information content (AvgIpc) is 3.02. The smallest absolute Gasteiger partial charge is 0.166 e. The molecular weight excluding hydrogens is 319 g/mol. The summed E-state index contributed by atoms with van der Waals surface area (Å²) in [6, 6.07) is 11.2. The van der Waals surface area contributed by atoms with Gasteiger partial charge < -0.3 is 4.52 Å². The predicted molar refractivity (Wildman–Crippen MR) is 83.8 cm³/mol. The van der Waals surface area contributed by atoms with E-state index in [1.807, 2.05) is 0 Å². The summed E-state index contributed by atoms with van der Waals surface area (Å²) in [4.78, 5) is 16.0. The molecule has 23 heavy (non-hydrogen) atoms. The molecule has 0 N–H and O–H groups in total. The maximum Gasteiger partial charge on any atom is 0.166 e. The van der Waals surface area contributed by atoms with E-state index < -0.39 is 0 Å². The summed E-state index contributed by atoms with van der Waals surface area (Å²) in [6.07, 6.45) is 2.08. The summed E-state index contributed by atoms with van der Waals surface area (Å²) in [5, 5.41) is 4.03. The first-order valence-electron chi connectivity index (χ1n) is 6.99. The second kappa shape index (κ2) is 6.71. The van der Waals surface area contributed by atoms with Crippen LogP contribution in [0, 0.1) is 5.82 Å². The summed E-state index contributed by atoms with van der Waals surface area (Å²) in [5.41, 5.74) is 1.15. The standard InChI is InChI=1S/C17H12ClFN2O2/c18-17-13(5-3-9-20-17)16(22)8-7-11-10-15(21-23-11)12-4-1-2-6-14(12)19/h1-6,9-10H,7-8H2. The Kier molecular flexibility index (Phi) is 4.48. The molecule has 0 radical (unpaired) electrons. The number of aryl methyl sites for hydroxylation is 1. The second-order valence-electron chi connectivity index (χ2n) is 4.92. The Hall–Kier alpha value is -2.53. The maximum absolute atomic E-state index is 13.7. The lowest BCUT2D eigenvalue weighted by Crippen LogP contribution is -2.02. The molecular formula is C17H12ClFN2O2. The molecule has 0 aliphatic heterocycles. The van der Waals surface area contributed by atoms with Crippen molar-refractivity contribution in [3.8, 4) is 11.3 Å². The molecule has 0 spiro atoms. The highest BCUT2D eigenvalue weighted by molar-refractivity contribution is 6.32. The van der Waals surface area contributed by atoms with E-state index in [1.165, 1.54) is 12.3 Å². The minimum Gasteiger partial charge on any atom is -0.361 e. The monoisotopic (exact) mass is 330 g/mol. The number of carbonyl (C=O) groups excluding carboxylic acids is 1. The first-order valence-corrected chi connectivity index (χ1v) is 7.37. The normalized spacial score (nSPS) is 10.7. The molecule has 1 aromatic carbocycles. The Morgan fingerprint density at radius 1 is 1.22 bits per heavy atom. The van der Waals surface area contributed by atoms with Crippen LogP contribution in [0.15, 0.2) is 53.2 Å². The zero-order valence-corrected chi connectivity index (χ0v) is 12.8. The Morgan fingerprint density at radius 3 is 2.83 bits per heavy atom. The molecule has 0 fully saturated rings. The molecule has 0 aliphatic rings. The lowest BCUT2D eigenvalue weighted by molar-refractivity contribution is 0.0980. The van der Waals surface area contributed by atoms with Gasteiger partial charge in [-0.2, -0.15) is 0 Å². The topological polar surface area (TPSA) is 56.0 Å². The number of Topliss-reactive ketones (excluding diaryl/α,β-unsaturated/α-hetero) is 1. The first kappa shape index (κ1) is 15.4. The van der Waals surface area contributed by atoms with Gasteiger partial charge in [-0.25, -0.2) is 9.37 Å². The van der Waals surface area contributed by atoms with Gasteiger partial charge in [0.2, 0.25) is 0 Å². The van der Waals surface area contributed by atoms with Crippen molar-refractivity contribution in [3.63, 3.8) is 0 Å². The molecule has 0 unspecified atom stereocenters. The van der Waals surface area contributed by atoms with E-state index in [-0.39, 0.29) is 23.2 Å². The fourth-order valence-corrected chi connectivity index (χ4v) is 2.42. The Balaban J connectivity index is 1.70. The zero-order valence-electron chi connectivity index (χ0n) is 12.0. The quantitative estimate of drug-likeness (QED) is 0.515. The van der Waals surface area contributed by atoms with Crippen molar-refractivity contribution in [1.29, 1.82) is 0 Å². The predicted octanol–water partition coefficient (Wildman–Crippen LogP) is 4.34. The first-order chi connectivity index (χ1) is 11.1. The Labute approximate surface area is 136 Å². The van der Waals surface area contributed by atoms with Gasteiger partial charge in [0.05, 0.1) is 5.56 Å². The van der Waals surface area contributed by atoms with Gasteiger partial charge in [0.15, 0.2) is 5.78 Å². The highest BCUT2D eigenvalue weighted by Gasteiger charge is 2.14. The SMILES string of the molecule is O=C(CCc1cc(-c2ccccc2F)no1)c1cccnc1Cl. The van der Waals surface area contributed by atoms with E-state index in [0.717, 1.165) is 0 Å². The number of carbonyl (C=O) groups is 1. The number of benzene rings is 1. The Morgan fingerprint density at radius 2 is 2.04 bits per heavy atom. The van der Waals surface area contributed by atoms with Crippen molar-refractivity contribution in [3.05, 3.63) is 71.0 Å². The van der Waals surface area contributed by atoms with Gasteiger partial charge in [0.25, 0.3) is 0 Å². The molecule has 0 saturated heterocycles. The van der Waals surface area contributed by atoms with Crippen LogP contribution in [-0.2, 0) is 6.42 Å². The van der Waals surface area contributed by atoms with E-state index in [4.69, 9.17) is 16.1 Å². The minimum absolute atomic E-state index is 0.132. The summed E-state index contributed by atoms with van der Waals surface area (Å²) in [5.74, 6) is 0.00845. The highest BCUT2D eigenvalue weighted by atomic mass is 35.5.